The molecular formula is C12H16FN5O3. The molecule has 9 heteroatoms. The number of fused-ring (bicyclic) bond motifs is 1. The SMILES string of the molecule is C[C@]1(F)C(n2cnc3c(N)ncnc32)O[C@H](CO)[C@]1(C)O. The zero-order valence-electron chi connectivity index (χ0n) is 11.6. The number of imidazole rings is 1. The smallest absolute Gasteiger partial charge is 0.183 e. The molecule has 21 heavy (non-hydrogen) atoms. The third kappa shape index (κ3) is 1.74. The van der Waals surface area contributed by atoms with E-state index in [0.717, 1.165) is 0 Å². The lowest BCUT2D eigenvalue weighted by Crippen LogP contribution is -2.51. The molecular weight excluding hydrogens is 281 g/mol. The molecule has 3 heterocycles. The van der Waals surface area contributed by atoms with Crippen LogP contribution in [0.25, 0.3) is 11.2 Å². The Morgan fingerprint density at radius 2 is 2.14 bits per heavy atom. The third-order valence-electron chi connectivity index (χ3n) is 4.18. The number of aliphatic hydroxyl groups is 2. The van der Waals surface area contributed by atoms with Gasteiger partial charge in [0.05, 0.1) is 12.9 Å². The van der Waals surface area contributed by atoms with E-state index in [0.29, 0.717) is 11.2 Å². The van der Waals surface area contributed by atoms with Crippen LogP contribution in [0.5, 0.6) is 0 Å². The van der Waals surface area contributed by atoms with Gasteiger partial charge in [0.25, 0.3) is 0 Å². The van der Waals surface area contributed by atoms with Gasteiger partial charge in [0.2, 0.25) is 0 Å². The molecule has 8 nitrogen and oxygen atoms in total. The lowest BCUT2D eigenvalue weighted by atomic mass is 9.85. The first kappa shape index (κ1) is 14.1. The summed E-state index contributed by atoms with van der Waals surface area (Å²) in [5, 5.41) is 19.6. The fourth-order valence-corrected chi connectivity index (χ4v) is 2.57. The highest BCUT2D eigenvalue weighted by molar-refractivity contribution is 5.81. The summed E-state index contributed by atoms with van der Waals surface area (Å²) >= 11 is 0. The molecule has 0 radical (unpaired) electrons. The van der Waals surface area contributed by atoms with Crippen LogP contribution in [0.4, 0.5) is 10.2 Å². The zero-order chi connectivity index (χ0) is 15.4. The molecule has 4 N–H and O–H groups in total. The Hall–Kier alpha value is -1.84. The van der Waals surface area contributed by atoms with Gasteiger partial charge in [0.1, 0.15) is 23.5 Å². The molecule has 114 valence electrons. The van der Waals surface area contributed by atoms with E-state index in [9.17, 15) is 10.2 Å². The summed E-state index contributed by atoms with van der Waals surface area (Å²) < 4.78 is 21.9. The second kappa shape index (κ2) is 4.33. The monoisotopic (exact) mass is 297 g/mol. The molecule has 2 aromatic rings. The van der Waals surface area contributed by atoms with Crippen LogP contribution in [0.15, 0.2) is 12.7 Å². The Kier molecular flexibility index (Phi) is 2.91. The maximum atomic E-state index is 15.1. The van der Waals surface area contributed by atoms with Crippen molar-refractivity contribution in [2.45, 2.75) is 37.4 Å². The minimum atomic E-state index is -2.16. The number of hydrogen-bond acceptors (Lipinski definition) is 7. The molecule has 0 aliphatic carbocycles. The van der Waals surface area contributed by atoms with Gasteiger partial charge in [0, 0.05) is 0 Å². The topological polar surface area (TPSA) is 119 Å². The van der Waals surface area contributed by atoms with Gasteiger partial charge in [0.15, 0.2) is 23.4 Å². The molecule has 0 saturated carbocycles. The maximum Gasteiger partial charge on any atom is 0.183 e. The lowest BCUT2D eigenvalue weighted by Gasteiger charge is -2.32. The van der Waals surface area contributed by atoms with Crippen LogP contribution >= 0.6 is 0 Å². The minimum absolute atomic E-state index is 0.169. The van der Waals surface area contributed by atoms with Crippen molar-refractivity contribution in [3.8, 4) is 0 Å². The zero-order valence-corrected chi connectivity index (χ0v) is 11.6. The minimum Gasteiger partial charge on any atom is -0.394 e. The first-order valence-corrected chi connectivity index (χ1v) is 6.41. The van der Waals surface area contributed by atoms with Gasteiger partial charge < -0.3 is 20.7 Å². The second-order valence-electron chi connectivity index (χ2n) is 5.47. The van der Waals surface area contributed by atoms with Crippen molar-refractivity contribution >= 4 is 17.0 Å². The van der Waals surface area contributed by atoms with E-state index in [4.69, 9.17) is 10.5 Å². The van der Waals surface area contributed by atoms with E-state index >= 15 is 4.39 Å². The standard InChI is InChI=1S/C12H16FN5O3/c1-11(13)10(21-6(3-19)12(11,2)20)18-5-17-7-8(14)15-4-16-9(7)18/h4-6,10,19-20H,3H2,1-2H3,(H2,14,15,16)/t6-,10?,11+,12+/m1/s1. The van der Waals surface area contributed by atoms with Gasteiger partial charge in [-0.2, -0.15) is 0 Å². The van der Waals surface area contributed by atoms with Crippen LogP contribution in [-0.4, -0.2) is 53.7 Å². The Morgan fingerprint density at radius 1 is 1.43 bits per heavy atom. The number of anilines is 1. The normalized spacial score (nSPS) is 36.4. The number of nitrogens with zero attached hydrogens (tertiary/aromatic N) is 4. The van der Waals surface area contributed by atoms with Crippen molar-refractivity contribution in [3.05, 3.63) is 12.7 Å². The van der Waals surface area contributed by atoms with Gasteiger partial charge in [-0.05, 0) is 13.8 Å². The molecule has 0 bridgehead atoms. The molecule has 0 spiro atoms. The highest BCUT2D eigenvalue weighted by atomic mass is 19.1. The van der Waals surface area contributed by atoms with Gasteiger partial charge in [-0.1, -0.05) is 0 Å². The molecule has 4 atom stereocenters. The Labute approximate surface area is 119 Å². The molecule has 1 fully saturated rings. The fraction of sp³-hybridized carbons (Fsp3) is 0.583. The first-order valence-electron chi connectivity index (χ1n) is 6.41. The van der Waals surface area contributed by atoms with Crippen LogP contribution in [0.2, 0.25) is 0 Å². The lowest BCUT2D eigenvalue weighted by molar-refractivity contribution is -0.0891. The van der Waals surface area contributed by atoms with Gasteiger partial charge in [-0.15, -0.1) is 0 Å². The largest absolute Gasteiger partial charge is 0.394 e. The number of nitrogen functional groups attached to an aromatic ring is 1. The van der Waals surface area contributed by atoms with Crippen molar-refractivity contribution in [1.82, 2.24) is 19.5 Å². The molecule has 1 aliphatic heterocycles. The summed E-state index contributed by atoms with van der Waals surface area (Å²) in [6.07, 6.45) is 0.314. The number of halogens is 1. The summed E-state index contributed by atoms with van der Waals surface area (Å²) in [6.45, 7) is 1.99. The summed E-state index contributed by atoms with van der Waals surface area (Å²) in [7, 11) is 0. The Morgan fingerprint density at radius 3 is 2.76 bits per heavy atom. The van der Waals surface area contributed by atoms with Gasteiger partial charge >= 0.3 is 0 Å². The van der Waals surface area contributed by atoms with E-state index in [1.165, 1.54) is 31.1 Å². The number of rotatable bonds is 2. The maximum absolute atomic E-state index is 15.1. The number of aliphatic hydroxyl groups excluding tert-OH is 1. The Balaban J connectivity index is 2.13. The van der Waals surface area contributed by atoms with E-state index in [2.05, 4.69) is 15.0 Å². The molecule has 1 unspecified atom stereocenters. The molecule has 3 rings (SSSR count). The van der Waals surface area contributed by atoms with Crippen LogP contribution in [0.3, 0.4) is 0 Å². The first-order chi connectivity index (χ1) is 9.80. The van der Waals surface area contributed by atoms with Gasteiger partial charge in [-0.25, -0.2) is 19.3 Å². The third-order valence-corrected chi connectivity index (χ3v) is 4.18. The average molecular weight is 297 g/mol. The number of ether oxygens (including phenoxy) is 1. The number of hydrogen-bond donors (Lipinski definition) is 3. The van der Waals surface area contributed by atoms with E-state index in [1.807, 2.05) is 0 Å². The Bertz CT molecular complexity index is 687. The predicted molar refractivity (Wildman–Crippen MR) is 70.9 cm³/mol. The van der Waals surface area contributed by atoms with Crippen molar-refractivity contribution < 1.29 is 19.3 Å². The molecule has 0 aromatic carbocycles. The summed E-state index contributed by atoms with van der Waals surface area (Å²) in [4.78, 5) is 11.9. The highest BCUT2D eigenvalue weighted by Gasteiger charge is 2.63. The van der Waals surface area contributed by atoms with E-state index in [-0.39, 0.29) is 5.82 Å². The van der Waals surface area contributed by atoms with Crippen molar-refractivity contribution in [2.75, 3.05) is 12.3 Å². The van der Waals surface area contributed by atoms with Gasteiger partial charge in [-0.3, -0.25) is 4.57 Å². The van der Waals surface area contributed by atoms with Crippen LogP contribution in [-0.2, 0) is 4.74 Å². The van der Waals surface area contributed by atoms with E-state index in [1.54, 1.807) is 0 Å². The average Bonchev–Trinajstić information content (AvgIpc) is 2.90. The second-order valence-corrected chi connectivity index (χ2v) is 5.47. The van der Waals surface area contributed by atoms with Crippen LogP contribution < -0.4 is 5.73 Å². The molecule has 2 aromatic heterocycles. The summed E-state index contributed by atoms with van der Waals surface area (Å²) in [5.41, 5.74) is 2.29. The van der Waals surface area contributed by atoms with E-state index < -0.39 is 30.2 Å². The number of alkyl halides is 1. The highest BCUT2D eigenvalue weighted by Crippen LogP contribution is 2.48. The fourth-order valence-electron chi connectivity index (χ4n) is 2.57. The van der Waals surface area contributed by atoms with Crippen molar-refractivity contribution in [3.63, 3.8) is 0 Å². The number of nitrogens with two attached hydrogens (primary N) is 1. The summed E-state index contributed by atoms with van der Waals surface area (Å²) in [5.74, 6) is 0.169. The number of aromatic nitrogens is 4. The molecule has 1 aliphatic rings. The van der Waals surface area contributed by atoms with Crippen LogP contribution in [0.1, 0.15) is 20.1 Å². The predicted octanol–water partition coefficient (Wildman–Crippen LogP) is -0.223. The summed E-state index contributed by atoms with van der Waals surface area (Å²) in [6, 6.07) is 0. The molecule has 0 amide bonds. The van der Waals surface area contributed by atoms with Crippen LogP contribution in [0, 0.1) is 0 Å². The molecule has 1 saturated heterocycles. The van der Waals surface area contributed by atoms with Crippen molar-refractivity contribution in [2.24, 2.45) is 0 Å². The quantitative estimate of drug-likeness (QED) is 0.700. The van der Waals surface area contributed by atoms with Crippen molar-refractivity contribution in [1.29, 1.82) is 0 Å².